The first-order chi connectivity index (χ1) is 6.88. The Morgan fingerprint density at radius 1 is 1.20 bits per heavy atom. The van der Waals surface area contributed by atoms with Crippen molar-refractivity contribution in [1.29, 1.82) is 0 Å². The minimum absolute atomic E-state index is 0.196. The van der Waals surface area contributed by atoms with E-state index >= 15 is 0 Å². The van der Waals surface area contributed by atoms with E-state index in [1.807, 2.05) is 0 Å². The molecule has 0 spiro atoms. The molecule has 0 fully saturated rings. The molecule has 0 aliphatic heterocycles. The lowest BCUT2D eigenvalue weighted by Crippen LogP contribution is -2.11. The predicted molar refractivity (Wildman–Crippen MR) is 40.7 cm³/mol. The summed E-state index contributed by atoms with van der Waals surface area (Å²) in [6.45, 7) is 0. The van der Waals surface area contributed by atoms with Crippen molar-refractivity contribution in [2.75, 3.05) is 0 Å². The molecule has 82 valence electrons. The molecule has 0 aromatic heterocycles. The van der Waals surface area contributed by atoms with Crippen LogP contribution in [0.15, 0.2) is 17.3 Å². The summed E-state index contributed by atoms with van der Waals surface area (Å²) in [5, 5.41) is 10.3. The van der Waals surface area contributed by atoms with Gasteiger partial charge in [0.05, 0.1) is 11.8 Å². The highest BCUT2D eigenvalue weighted by Gasteiger charge is 2.35. The van der Waals surface area contributed by atoms with Crippen molar-refractivity contribution in [2.45, 2.75) is 6.18 Å². The van der Waals surface area contributed by atoms with Crippen molar-refractivity contribution >= 4 is 6.21 Å². The van der Waals surface area contributed by atoms with Crippen molar-refractivity contribution in [3.8, 4) is 0 Å². The number of halogens is 5. The standard InChI is InChI=1S/C8H4F5NO/c9-6-2-1-5(8(11,12)13)4(3-14-15)7(6)10/h1-3,15H/b14-3+. The van der Waals surface area contributed by atoms with Crippen LogP contribution in [0.1, 0.15) is 11.1 Å². The largest absolute Gasteiger partial charge is 0.417 e. The smallest absolute Gasteiger partial charge is 0.411 e. The second kappa shape index (κ2) is 3.84. The number of alkyl halides is 3. The van der Waals surface area contributed by atoms with Crippen LogP contribution in [0.3, 0.4) is 0 Å². The number of rotatable bonds is 1. The average Bonchev–Trinajstić information content (AvgIpc) is 2.11. The highest BCUT2D eigenvalue weighted by atomic mass is 19.4. The lowest BCUT2D eigenvalue weighted by atomic mass is 10.1. The van der Waals surface area contributed by atoms with Crippen LogP contribution in [0.25, 0.3) is 0 Å². The average molecular weight is 225 g/mol. The van der Waals surface area contributed by atoms with Crippen LogP contribution in [-0.2, 0) is 6.18 Å². The van der Waals surface area contributed by atoms with Gasteiger partial charge in [0.25, 0.3) is 0 Å². The topological polar surface area (TPSA) is 32.6 Å². The number of hydrogen-bond donors (Lipinski definition) is 1. The molecule has 1 rings (SSSR count). The van der Waals surface area contributed by atoms with Gasteiger partial charge in [-0.25, -0.2) is 8.78 Å². The Bertz CT molecular complexity index is 399. The highest BCUT2D eigenvalue weighted by molar-refractivity contribution is 5.82. The number of nitrogens with zero attached hydrogens (tertiary/aromatic N) is 1. The minimum atomic E-state index is -4.84. The monoisotopic (exact) mass is 225 g/mol. The quantitative estimate of drug-likeness (QED) is 0.339. The summed E-state index contributed by atoms with van der Waals surface area (Å²) < 4.78 is 62.2. The van der Waals surface area contributed by atoms with E-state index in [4.69, 9.17) is 5.21 Å². The van der Waals surface area contributed by atoms with Crippen LogP contribution in [0.4, 0.5) is 22.0 Å². The number of benzene rings is 1. The first kappa shape index (κ1) is 11.4. The van der Waals surface area contributed by atoms with E-state index in [2.05, 4.69) is 5.16 Å². The third-order valence-corrected chi connectivity index (χ3v) is 1.62. The van der Waals surface area contributed by atoms with Gasteiger partial charge in [-0.1, -0.05) is 5.16 Å². The zero-order valence-electron chi connectivity index (χ0n) is 7.02. The maximum Gasteiger partial charge on any atom is 0.417 e. The molecule has 0 atom stereocenters. The fourth-order valence-corrected chi connectivity index (χ4v) is 0.997. The summed E-state index contributed by atoms with van der Waals surface area (Å²) in [6, 6.07) is 0.725. The molecule has 0 aliphatic carbocycles. The first-order valence-electron chi connectivity index (χ1n) is 3.60. The third kappa shape index (κ3) is 2.23. The molecule has 1 N–H and O–H groups in total. The molecule has 0 saturated carbocycles. The van der Waals surface area contributed by atoms with Crippen molar-refractivity contribution in [1.82, 2.24) is 0 Å². The van der Waals surface area contributed by atoms with Gasteiger partial charge in [0.15, 0.2) is 11.6 Å². The molecular formula is C8H4F5NO. The van der Waals surface area contributed by atoms with E-state index in [-0.39, 0.29) is 6.21 Å². The highest BCUT2D eigenvalue weighted by Crippen LogP contribution is 2.32. The van der Waals surface area contributed by atoms with E-state index < -0.39 is 28.9 Å². The molecule has 7 heteroatoms. The van der Waals surface area contributed by atoms with Gasteiger partial charge in [-0.15, -0.1) is 0 Å². The summed E-state index contributed by atoms with van der Waals surface area (Å²) >= 11 is 0. The van der Waals surface area contributed by atoms with Gasteiger partial charge in [-0.2, -0.15) is 13.2 Å². The Kier molecular flexibility index (Phi) is 2.92. The van der Waals surface area contributed by atoms with Gasteiger partial charge in [0.1, 0.15) is 0 Å². The van der Waals surface area contributed by atoms with Gasteiger partial charge in [-0.3, -0.25) is 0 Å². The van der Waals surface area contributed by atoms with Gasteiger partial charge in [0.2, 0.25) is 0 Å². The molecule has 0 unspecified atom stereocenters. The van der Waals surface area contributed by atoms with Gasteiger partial charge < -0.3 is 5.21 Å². The normalized spacial score (nSPS) is 12.3. The van der Waals surface area contributed by atoms with Crippen LogP contribution in [-0.4, -0.2) is 11.4 Å². The molecule has 0 saturated heterocycles. The second-order valence-electron chi connectivity index (χ2n) is 2.56. The maximum absolute atomic E-state index is 12.9. The Balaban J connectivity index is 3.47. The van der Waals surface area contributed by atoms with E-state index in [0.717, 1.165) is 0 Å². The number of hydrogen-bond acceptors (Lipinski definition) is 2. The molecular weight excluding hydrogens is 221 g/mol. The molecule has 1 aromatic rings. The van der Waals surface area contributed by atoms with Crippen LogP contribution in [0.5, 0.6) is 0 Å². The summed E-state index contributed by atoms with van der Waals surface area (Å²) in [5.74, 6) is -3.15. The third-order valence-electron chi connectivity index (χ3n) is 1.62. The van der Waals surface area contributed by atoms with Gasteiger partial charge in [0, 0.05) is 5.56 Å². The SMILES string of the molecule is O/N=C/c1c(C(F)(F)F)ccc(F)c1F. The zero-order valence-corrected chi connectivity index (χ0v) is 7.02. The minimum Gasteiger partial charge on any atom is -0.411 e. The van der Waals surface area contributed by atoms with Gasteiger partial charge in [-0.05, 0) is 12.1 Å². The van der Waals surface area contributed by atoms with Crippen molar-refractivity contribution in [3.63, 3.8) is 0 Å². The lowest BCUT2D eigenvalue weighted by molar-refractivity contribution is -0.137. The lowest BCUT2D eigenvalue weighted by Gasteiger charge is -2.10. The molecule has 0 radical (unpaired) electrons. The molecule has 0 amide bonds. The van der Waals surface area contributed by atoms with E-state index in [1.165, 1.54) is 0 Å². The Hall–Kier alpha value is -1.66. The Morgan fingerprint density at radius 3 is 2.27 bits per heavy atom. The molecule has 2 nitrogen and oxygen atoms in total. The summed E-state index contributed by atoms with van der Waals surface area (Å²) in [6.07, 6.45) is -4.65. The Morgan fingerprint density at radius 2 is 1.80 bits per heavy atom. The fourth-order valence-electron chi connectivity index (χ4n) is 0.997. The van der Waals surface area contributed by atoms with E-state index in [1.54, 1.807) is 0 Å². The van der Waals surface area contributed by atoms with Crippen molar-refractivity contribution < 1.29 is 27.2 Å². The predicted octanol–water partition coefficient (Wildman–Crippen LogP) is 2.79. The molecule has 0 bridgehead atoms. The van der Waals surface area contributed by atoms with Crippen molar-refractivity contribution in [2.24, 2.45) is 5.16 Å². The summed E-state index contributed by atoms with van der Waals surface area (Å²) in [7, 11) is 0. The molecule has 0 aliphatic rings. The van der Waals surface area contributed by atoms with Gasteiger partial charge >= 0.3 is 6.18 Å². The summed E-state index contributed by atoms with van der Waals surface area (Å²) in [4.78, 5) is 0. The van der Waals surface area contributed by atoms with Crippen molar-refractivity contribution in [3.05, 3.63) is 34.9 Å². The molecule has 15 heavy (non-hydrogen) atoms. The van der Waals surface area contributed by atoms with E-state index in [9.17, 15) is 22.0 Å². The fraction of sp³-hybridized carbons (Fsp3) is 0.125. The Labute approximate surface area is 80.6 Å². The molecule has 1 aromatic carbocycles. The van der Waals surface area contributed by atoms with Crippen LogP contribution in [0, 0.1) is 11.6 Å². The van der Waals surface area contributed by atoms with Crippen LogP contribution in [0.2, 0.25) is 0 Å². The maximum atomic E-state index is 12.9. The van der Waals surface area contributed by atoms with E-state index in [0.29, 0.717) is 12.1 Å². The first-order valence-corrected chi connectivity index (χ1v) is 3.60. The zero-order chi connectivity index (χ0) is 11.6. The second-order valence-corrected chi connectivity index (χ2v) is 2.56. The van der Waals surface area contributed by atoms with Crippen LogP contribution < -0.4 is 0 Å². The molecule has 0 heterocycles. The number of oxime groups is 1. The van der Waals surface area contributed by atoms with Crippen LogP contribution >= 0.6 is 0 Å². The summed E-state index contributed by atoms with van der Waals surface area (Å²) in [5.41, 5.74) is -2.54.